The van der Waals surface area contributed by atoms with Gasteiger partial charge in [-0.15, -0.1) is 0 Å². The number of hydrogen-bond acceptors (Lipinski definition) is 5. The number of primary amides is 1. The van der Waals surface area contributed by atoms with Crippen LogP contribution in [0.5, 0.6) is 0 Å². The third kappa shape index (κ3) is 4.13. The molecule has 0 unspecified atom stereocenters. The van der Waals surface area contributed by atoms with E-state index in [2.05, 4.69) is 38.4 Å². The Morgan fingerprint density at radius 1 is 1.25 bits per heavy atom. The highest BCUT2D eigenvalue weighted by Crippen LogP contribution is 2.22. The number of aryl methyl sites for hydroxylation is 2. The molecule has 3 rings (SSSR count). The number of halogens is 2. The summed E-state index contributed by atoms with van der Waals surface area (Å²) in [7, 11) is 0. The fraction of sp³-hybridized carbons (Fsp3) is 0.421. The summed E-state index contributed by atoms with van der Waals surface area (Å²) < 4.78 is 28.9. The van der Waals surface area contributed by atoms with Crippen molar-refractivity contribution in [1.82, 2.24) is 24.5 Å². The number of carbonyl (C=O) groups excluding carboxylic acids is 1. The van der Waals surface area contributed by atoms with Crippen LogP contribution in [0.25, 0.3) is 11.0 Å². The van der Waals surface area contributed by atoms with Gasteiger partial charge in [0.1, 0.15) is 17.2 Å². The molecule has 9 heteroatoms. The molecule has 3 aromatic heterocycles. The van der Waals surface area contributed by atoms with E-state index in [0.717, 1.165) is 22.6 Å². The van der Waals surface area contributed by atoms with Gasteiger partial charge in [0.2, 0.25) is 0 Å². The maximum Gasteiger partial charge on any atom is 0.324 e. The lowest BCUT2D eigenvalue weighted by molar-refractivity contribution is -0.142. The number of amides is 1. The molecule has 0 saturated carbocycles. The van der Waals surface area contributed by atoms with Crippen molar-refractivity contribution in [3.63, 3.8) is 0 Å². The molecule has 0 aromatic carbocycles. The Morgan fingerprint density at radius 3 is 2.68 bits per heavy atom. The Bertz CT molecular complexity index is 1010. The van der Waals surface area contributed by atoms with Gasteiger partial charge in [-0.2, -0.15) is 8.78 Å². The summed E-state index contributed by atoms with van der Waals surface area (Å²) in [4.78, 5) is 28.0. The fourth-order valence-electron chi connectivity index (χ4n) is 3.15. The zero-order chi connectivity index (χ0) is 20.5. The standard InChI is InChI=1S/C19H22F2N6O/c1-11(2)27-12(3)25-15-10-24-14(9-16(15)27)8-13-5-7-23-17(26-13)4-6-19(20,21)18(22)28/h5,7,9-11H,4,6,8H2,1-3H3,(H2,22,28). The first-order valence-corrected chi connectivity index (χ1v) is 8.99. The molecule has 2 N–H and O–H groups in total. The normalized spacial score (nSPS) is 12.1. The largest absolute Gasteiger partial charge is 0.364 e. The molecule has 0 spiro atoms. The van der Waals surface area contributed by atoms with E-state index >= 15 is 0 Å². The van der Waals surface area contributed by atoms with E-state index in [0.29, 0.717) is 12.1 Å². The number of imidazole rings is 1. The minimum Gasteiger partial charge on any atom is -0.364 e. The van der Waals surface area contributed by atoms with E-state index in [-0.39, 0.29) is 18.3 Å². The third-order valence-electron chi connectivity index (χ3n) is 4.47. The van der Waals surface area contributed by atoms with Crippen molar-refractivity contribution in [1.29, 1.82) is 0 Å². The van der Waals surface area contributed by atoms with Crippen molar-refractivity contribution in [2.45, 2.75) is 52.0 Å². The quantitative estimate of drug-likeness (QED) is 0.671. The maximum atomic E-state index is 13.4. The molecular weight excluding hydrogens is 366 g/mol. The van der Waals surface area contributed by atoms with Crippen LogP contribution in [0.2, 0.25) is 0 Å². The van der Waals surface area contributed by atoms with Gasteiger partial charge in [-0.1, -0.05) is 0 Å². The number of nitrogens with two attached hydrogens (primary N) is 1. The molecule has 1 amide bonds. The van der Waals surface area contributed by atoms with Crippen molar-refractivity contribution < 1.29 is 13.6 Å². The van der Waals surface area contributed by atoms with Crippen LogP contribution >= 0.6 is 0 Å². The number of pyridine rings is 1. The van der Waals surface area contributed by atoms with Gasteiger partial charge in [-0.05, 0) is 32.9 Å². The van der Waals surface area contributed by atoms with Gasteiger partial charge in [-0.25, -0.2) is 15.0 Å². The van der Waals surface area contributed by atoms with Crippen molar-refractivity contribution in [2.24, 2.45) is 5.73 Å². The monoisotopic (exact) mass is 388 g/mol. The lowest BCUT2D eigenvalue weighted by Gasteiger charge is -2.12. The molecule has 0 atom stereocenters. The Hall–Kier alpha value is -2.97. The van der Waals surface area contributed by atoms with Crippen LogP contribution in [0.1, 0.15) is 49.3 Å². The van der Waals surface area contributed by atoms with E-state index in [4.69, 9.17) is 5.73 Å². The lowest BCUT2D eigenvalue weighted by Crippen LogP contribution is -2.35. The number of nitrogens with zero attached hydrogens (tertiary/aromatic N) is 5. The van der Waals surface area contributed by atoms with Crippen LogP contribution in [0.15, 0.2) is 24.5 Å². The average Bonchev–Trinajstić information content (AvgIpc) is 2.95. The van der Waals surface area contributed by atoms with Crippen LogP contribution < -0.4 is 5.73 Å². The summed E-state index contributed by atoms with van der Waals surface area (Å²) in [5.74, 6) is -4.05. The van der Waals surface area contributed by atoms with Crippen LogP contribution in [-0.2, 0) is 17.6 Å². The molecule has 0 saturated heterocycles. The number of fused-ring (bicyclic) bond motifs is 1. The molecule has 0 radical (unpaired) electrons. The van der Waals surface area contributed by atoms with E-state index in [1.54, 1.807) is 12.3 Å². The van der Waals surface area contributed by atoms with Crippen LogP contribution in [0, 0.1) is 6.92 Å². The van der Waals surface area contributed by atoms with Crippen molar-refractivity contribution in [3.05, 3.63) is 47.6 Å². The molecule has 0 aliphatic heterocycles. The van der Waals surface area contributed by atoms with Gasteiger partial charge < -0.3 is 10.3 Å². The van der Waals surface area contributed by atoms with Gasteiger partial charge in [0, 0.05) is 37.2 Å². The first-order chi connectivity index (χ1) is 13.2. The first-order valence-electron chi connectivity index (χ1n) is 8.99. The Balaban J connectivity index is 1.80. The van der Waals surface area contributed by atoms with Crippen LogP contribution in [0.3, 0.4) is 0 Å². The summed E-state index contributed by atoms with van der Waals surface area (Å²) in [5, 5.41) is 0. The lowest BCUT2D eigenvalue weighted by atomic mass is 10.1. The second kappa shape index (κ2) is 7.57. The van der Waals surface area contributed by atoms with E-state index in [1.807, 2.05) is 13.0 Å². The zero-order valence-corrected chi connectivity index (χ0v) is 16.0. The maximum absolute atomic E-state index is 13.4. The van der Waals surface area contributed by atoms with Crippen molar-refractivity contribution in [2.75, 3.05) is 0 Å². The highest BCUT2D eigenvalue weighted by Gasteiger charge is 2.36. The van der Waals surface area contributed by atoms with Crippen LogP contribution in [0.4, 0.5) is 8.78 Å². The third-order valence-corrected chi connectivity index (χ3v) is 4.47. The molecule has 148 valence electrons. The van der Waals surface area contributed by atoms with Crippen LogP contribution in [-0.4, -0.2) is 36.3 Å². The minimum atomic E-state index is -3.57. The average molecular weight is 388 g/mol. The molecule has 28 heavy (non-hydrogen) atoms. The number of aromatic nitrogens is 5. The SMILES string of the molecule is Cc1nc2cnc(Cc3ccnc(CCC(F)(F)C(N)=O)n3)cc2n1C(C)C. The second-order valence-corrected chi connectivity index (χ2v) is 7.00. The second-order valence-electron chi connectivity index (χ2n) is 7.00. The molecule has 3 heterocycles. The van der Waals surface area contributed by atoms with Gasteiger partial charge in [0.15, 0.2) is 0 Å². The van der Waals surface area contributed by atoms with Gasteiger partial charge in [0.25, 0.3) is 5.91 Å². The van der Waals surface area contributed by atoms with E-state index in [9.17, 15) is 13.6 Å². The Kier molecular flexibility index (Phi) is 5.35. The molecular formula is C19H22F2N6O. The summed E-state index contributed by atoms with van der Waals surface area (Å²) in [6.45, 7) is 6.14. The summed E-state index contributed by atoms with van der Waals surface area (Å²) in [5.41, 5.74) is 7.97. The number of carbonyl (C=O) groups is 1. The predicted octanol–water partition coefficient (Wildman–Crippen LogP) is 2.75. The van der Waals surface area contributed by atoms with Crippen molar-refractivity contribution in [3.8, 4) is 0 Å². The number of hydrogen-bond donors (Lipinski definition) is 1. The fourth-order valence-corrected chi connectivity index (χ4v) is 3.15. The molecule has 0 bridgehead atoms. The van der Waals surface area contributed by atoms with Gasteiger partial charge in [-0.3, -0.25) is 9.78 Å². The number of rotatable bonds is 7. The smallest absolute Gasteiger partial charge is 0.324 e. The zero-order valence-electron chi connectivity index (χ0n) is 16.0. The summed E-state index contributed by atoms with van der Waals surface area (Å²) in [6, 6.07) is 3.95. The summed E-state index contributed by atoms with van der Waals surface area (Å²) in [6.07, 6.45) is 2.81. The summed E-state index contributed by atoms with van der Waals surface area (Å²) >= 11 is 0. The van der Waals surface area contributed by atoms with Gasteiger partial charge >= 0.3 is 5.92 Å². The van der Waals surface area contributed by atoms with Gasteiger partial charge in [0.05, 0.1) is 17.4 Å². The topological polar surface area (TPSA) is 99.6 Å². The number of alkyl halides is 2. The molecule has 0 fully saturated rings. The van der Waals surface area contributed by atoms with Crippen molar-refractivity contribution >= 4 is 16.9 Å². The molecule has 3 aromatic rings. The molecule has 0 aliphatic rings. The first kappa shape index (κ1) is 19.8. The van der Waals surface area contributed by atoms with E-state index in [1.165, 1.54) is 6.20 Å². The Morgan fingerprint density at radius 2 is 2.00 bits per heavy atom. The Labute approximate surface area is 161 Å². The highest BCUT2D eigenvalue weighted by atomic mass is 19.3. The molecule has 7 nitrogen and oxygen atoms in total. The predicted molar refractivity (Wildman–Crippen MR) is 100.0 cm³/mol. The minimum absolute atomic E-state index is 0.143. The molecule has 0 aliphatic carbocycles. The van der Waals surface area contributed by atoms with E-state index < -0.39 is 18.3 Å². The highest BCUT2D eigenvalue weighted by molar-refractivity contribution is 5.81.